The Kier molecular flexibility index (Phi) is 2.75. The van der Waals surface area contributed by atoms with Crippen molar-refractivity contribution in [2.75, 3.05) is 5.32 Å². The van der Waals surface area contributed by atoms with Gasteiger partial charge in [0.15, 0.2) is 0 Å². The van der Waals surface area contributed by atoms with E-state index in [0.717, 1.165) is 5.56 Å². The number of aryl methyl sites for hydroxylation is 1. The molecule has 0 saturated carbocycles. The monoisotopic (exact) mass is 241 g/mol. The van der Waals surface area contributed by atoms with Crippen LogP contribution in [0.15, 0.2) is 17.8 Å². The molecular weight excluding hydrogens is 234 g/mol. The standard InChI is InChI=1S/C9H8ClN3OS/c1-5-4-15-7(6(5)10)8(14)13-9-11-2-3-12-9/h2-4H,1H3,(H2,11,12,13,14). The molecule has 4 nitrogen and oxygen atoms in total. The molecule has 0 aliphatic rings. The topological polar surface area (TPSA) is 57.8 Å². The Bertz CT molecular complexity index is 478. The van der Waals surface area contributed by atoms with Crippen molar-refractivity contribution < 1.29 is 4.79 Å². The number of hydrogen-bond donors (Lipinski definition) is 2. The number of carbonyl (C=O) groups excluding carboxylic acids is 1. The molecule has 15 heavy (non-hydrogen) atoms. The van der Waals surface area contributed by atoms with Crippen LogP contribution in [0.1, 0.15) is 15.2 Å². The summed E-state index contributed by atoms with van der Waals surface area (Å²) in [5.74, 6) is 0.176. The van der Waals surface area contributed by atoms with E-state index < -0.39 is 0 Å². The molecule has 0 aromatic carbocycles. The number of aromatic amines is 1. The molecule has 6 heteroatoms. The van der Waals surface area contributed by atoms with Gasteiger partial charge in [0.25, 0.3) is 5.91 Å². The maximum absolute atomic E-state index is 11.7. The van der Waals surface area contributed by atoms with Gasteiger partial charge in [-0.15, -0.1) is 11.3 Å². The van der Waals surface area contributed by atoms with Gasteiger partial charge < -0.3 is 4.98 Å². The van der Waals surface area contributed by atoms with Crippen molar-refractivity contribution in [3.63, 3.8) is 0 Å². The van der Waals surface area contributed by atoms with Crippen LogP contribution in [0.5, 0.6) is 0 Å². The Morgan fingerprint density at radius 1 is 1.67 bits per heavy atom. The van der Waals surface area contributed by atoms with Crippen molar-refractivity contribution in [3.05, 3.63) is 33.2 Å². The molecule has 0 atom stereocenters. The van der Waals surface area contributed by atoms with Gasteiger partial charge in [0.05, 0.1) is 5.02 Å². The summed E-state index contributed by atoms with van der Waals surface area (Å²) >= 11 is 7.28. The van der Waals surface area contributed by atoms with Crippen molar-refractivity contribution in [1.29, 1.82) is 0 Å². The lowest BCUT2D eigenvalue weighted by Gasteiger charge is -1.99. The Hall–Kier alpha value is -1.33. The molecule has 2 N–H and O–H groups in total. The molecule has 0 aliphatic heterocycles. The highest BCUT2D eigenvalue weighted by Crippen LogP contribution is 2.27. The molecule has 2 rings (SSSR count). The number of anilines is 1. The average molecular weight is 242 g/mol. The lowest BCUT2D eigenvalue weighted by Crippen LogP contribution is -2.11. The molecule has 2 aromatic rings. The second-order valence-corrected chi connectivity index (χ2v) is 4.21. The van der Waals surface area contributed by atoms with E-state index in [1.54, 1.807) is 12.4 Å². The van der Waals surface area contributed by atoms with E-state index in [1.165, 1.54) is 11.3 Å². The molecular formula is C9H8ClN3OS. The highest BCUT2D eigenvalue weighted by atomic mass is 35.5. The van der Waals surface area contributed by atoms with E-state index in [1.807, 2.05) is 12.3 Å². The van der Waals surface area contributed by atoms with Gasteiger partial charge in [-0.05, 0) is 17.9 Å². The van der Waals surface area contributed by atoms with Crippen molar-refractivity contribution in [1.82, 2.24) is 9.97 Å². The summed E-state index contributed by atoms with van der Waals surface area (Å²) in [4.78, 5) is 18.9. The van der Waals surface area contributed by atoms with E-state index in [0.29, 0.717) is 15.8 Å². The Balaban J connectivity index is 2.19. The minimum atomic E-state index is -0.243. The minimum absolute atomic E-state index is 0.243. The Morgan fingerprint density at radius 3 is 3.00 bits per heavy atom. The van der Waals surface area contributed by atoms with Crippen LogP contribution < -0.4 is 5.32 Å². The second kappa shape index (κ2) is 4.04. The van der Waals surface area contributed by atoms with Crippen LogP contribution in [-0.2, 0) is 0 Å². The fraction of sp³-hybridized carbons (Fsp3) is 0.111. The number of H-pyrrole nitrogens is 1. The first kappa shape index (κ1) is 10.2. The molecule has 0 unspecified atom stereocenters. The number of halogens is 1. The van der Waals surface area contributed by atoms with E-state index >= 15 is 0 Å². The van der Waals surface area contributed by atoms with Gasteiger partial charge in [0.2, 0.25) is 5.95 Å². The first-order chi connectivity index (χ1) is 7.18. The van der Waals surface area contributed by atoms with Gasteiger partial charge in [-0.25, -0.2) is 4.98 Å². The van der Waals surface area contributed by atoms with Crippen LogP contribution in [0, 0.1) is 6.92 Å². The summed E-state index contributed by atoms with van der Waals surface area (Å²) in [7, 11) is 0. The average Bonchev–Trinajstić information content (AvgIpc) is 2.79. The smallest absolute Gasteiger partial charge is 0.269 e. The molecule has 1 amide bonds. The number of rotatable bonds is 2. The van der Waals surface area contributed by atoms with Gasteiger partial charge in [-0.3, -0.25) is 10.1 Å². The zero-order valence-corrected chi connectivity index (χ0v) is 9.45. The van der Waals surface area contributed by atoms with Crippen LogP contribution >= 0.6 is 22.9 Å². The van der Waals surface area contributed by atoms with Gasteiger partial charge in [0, 0.05) is 12.4 Å². The third-order valence-electron chi connectivity index (χ3n) is 1.84. The highest BCUT2D eigenvalue weighted by Gasteiger charge is 2.15. The molecule has 0 bridgehead atoms. The first-order valence-electron chi connectivity index (χ1n) is 4.23. The number of nitrogens with one attached hydrogen (secondary N) is 2. The molecule has 2 aromatic heterocycles. The zero-order valence-electron chi connectivity index (χ0n) is 7.87. The first-order valence-corrected chi connectivity index (χ1v) is 5.48. The van der Waals surface area contributed by atoms with E-state index in [-0.39, 0.29) is 5.91 Å². The van der Waals surface area contributed by atoms with Crippen molar-refractivity contribution in [2.24, 2.45) is 0 Å². The second-order valence-electron chi connectivity index (χ2n) is 2.95. The summed E-state index contributed by atoms with van der Waals surface area (Å²) in [6.07, 6.45) is 3.20. The summed E-state index contributed by atoms with van der Waals surface area (Å²) in [5, 5.41) is 4.96. The van der Waals surface area contributed by atoms with Crippen molar-refractivity contribution >= 4 is 34.8 Å². The minimum Gasteiger partial charge on any atom is -0.331 e. The molecule has 0 spiro atoms. The largest absolute Gasteiger partial charge is 0.331 e. The molecule has 2 heterocycles. The van der Waals surface area contributed by atoms with Crippen LogP contribution in [0.2, 0.25) is 5.02 Å². The van der Waals surface area contributed by atoms with E-state index in [2.05, 4.69) is 15.3 Å². The summed E-state index contributed by atoms with van der Waals surface area (Å²) in [6, 6.07) is 0. The number of amides is 1. The van der Waals surface area contributed by atoms with Crippen LogP contribution in [-0.4, -0.2) is 15.9 Å². The van der Waals surface area contributed by atoms with Crippen molar-refractivity contribution in [3.8, 4) is 0 Å². The summed E-state index contributed by atoms with van der Waals surface area (Å²) in [5.41, 5.74) is 0.909. The fourth-order valence-electron chi connectivity index (χ4n) is 1.08. The van der Waals surface area contributed by atoms with E-state index in [4.69, 9.17) is 11.6 Å². The number of nitrogens with zero attached hydrogens (tertiary/aromatic N) is 1. The third-order valence-corrected chi connectivity index (χ3v) is 3.53. The molecule has 0 radical (unpaired) electrons. The quantitative estimate of drug-likeness (QED) is 0.849. The Labute approximate surface area is 95.3 Å². The van der Waals surface area contributed by atoms with Crippen LogP contribution in [0.25, 0.3) is 0 Å². The maximum atomic E-state index is 11.7. The zero-order chi connectivity index (χ0) is 10.8. The molecule has 0 saturated heterocycles. The normalized spacial score (nSPS) is 10.3. The molecule has 0 aliphatic carbocycles. The molecule has 0 fully saturated rings. The van der Waals surface area contributed by atoms with Crippen LogP contribution in [0.3, 0.4) is 0 Å². The van der Waals surface area contributed by atoms with Gasteiger partial charge in [0.1, 0.15) is 4.88 Å². The predicted molar refractivity (Wildman–Crippen MR) is 60.6 cm³/mol. The molecule has 78 valence electrons. The van der Waals surface area contributed by atoms with Crippen LogP contribution in [0.4, 0.5) is 5.95 Å². The van der Waals surface area contributed by atoms with Gasteiger partial charge in [-0.2, -0.15) is 0 Å². The Morgan fingerprint density at radius 2 is 2.47 bits per heavy atom. The van der Waals surface area contributed by atoms with Gasteiger partial charge in [-0.1, -0.05) is 11.6 Å². The summed E-state index contributed by atoms with van der Waals surface area (Å²) in [6.45, 7) is 1.86. The number of hydrogen-bond acceptors (Lipinski definition) is 3. The summed E-state index contributed by atoms with van der Waals surface area (Å²) < 4.78 is 0. The lowest BCUT2D eigenvalue weighted by atomic mass is 10.3. The lowest BCUT2D eigenvalue weighted by molar-refractivity contribution is 0.103. The fourth-order valence-corrected chi connectivity index (χ4v) is 2.25. The van der Waals surface area contributed by atoms with Crippen molar-refractivity contribution in [2.45, 2.75) is 6.92 Å². The number of imidazole rings is 1. The predicted octanol–water partition coefficient (Wildman–Crippen LogP) is 2.69. The SMILES string of the molecule is Cc1csc(C(=O)Nc2ncc[nH]2)c1Cl. The van der Waals surface area contributed by atoms with Gasteiger partial charge >= 0.3 is 0 Å². The number of carbonyl (C=O) groups is 1. The maximum Gasteiger partial charge on any atom is 0.269 e. The number of aromatic nitrogens is 2. The number of thiophene rings is 1. The van der Waals surface area contributed by atoms with E-state index in [9.17, 15) is 4.79 Å². The highest BCUT2D eigenvalue weighted by molar-refractivity contribution is 7.13. The third kappa shape index (κ3) is 2.03.